The number of hydrogen-bond acceptors (Lipinski definition) is 8. The fourth-order valence-electron chi connectivity index (χ4n) is 2.16. The van der Waals surface area contributed by atoms with E-state index in [1.807, 2.05) is 6.07 Å². The van der Waals surface area contributed by atoms with Crippen molar-refractivity contribution in [3.8, 4) is 0 Å². The Balaban J connectivity index is 2.21. The van der Waals surface area contributed by atoms with E-state index in [2.05, 4.69) is 14.9 Å². The molecule has 0 fully saturated rings. The number of primary amides is 2. The first kappa shape index (κ1) is 21.3. The molecular weight excluding hydrogens is 382 g/mol. The van der Waals surface area contributed by atoms with Gasteiger partial charge in [0.2, 0.25) is 0 Å². The van der Waals surface area contributed by atoms with Gasteiger partial charge in [0, 0.05) is 6.54 Å². The molecule has 0 spiro atoms. The number of nitrogens with two attached hydrogens (primary N) is 3. The molecule has 0 radical (unpaired) electrons. The molecule has 0 saturated heterocycles. The van der Waals surface area contributed by atoms with Crippen molar-refractivity contribution < 1.29 is 28.6 Å². The maximum atomic E-state index is 12.6. The number of hydrazine groups is 1. The van der Waals surface area contributed by atoms with Crippen molar-refractivity contribution >= 4 is 24.0 Å². The first-order valence-electron chi connectivity index (χ1n) is 8.36. The lowest BCUT2D eigenvalue weighted by Gasteiger charge is -2.29. The molecule has 3 amide bonds. The van der Waals surface area contributed by atoms with Crippen molar-refractivity contribution in [3.63, 3.8) is 0 Å². The second-order valence-corrected chi connectivity index (χ2v) is 5.60. The molecule has 0 aromatic heterocycles. The topological polar surface area (TPSA) is 172 Å². The number of nitrogens with one attached hydrogen (secondary N) is 1. The third-order valence-electron chi connectivity index (χ3n) is 3.49. The summed E-state index contributed by atoms with van der Waals surface area (Å²) in [6, 6.07) is 15.4. The first-order chi connectivity index (χ1) is 13.9. The van der Waals surface area contributed by atoms with E-state index < -0.39 is 24.7 Å². The van der Waals surface area contributed by atoms with Gasteiger partial charge < -0.3 is 31.4 Å². The predicted molar refractivity (Wildman–Crippen MR) is 102 cm³/mol. The third-order valence-corrected chi connectivity index (χ3v) is 3.49. The molecule has 2 aromatic carbocycles. The van der Waals surface area contributed by atoms with E-state index in [9.17, 15) is 14.4 Å². The smallest absolute Gasteiger partial charge is 0.435 e. The van der Waals surface area contributed by atoms with Gasteiger partial charge in [0.1, 0.15) is 6.61 Å². The van der Waals surface area contributed by atoms with Crippen LogP contribution >= 0.6 is 0 Å². The number of carbonyl (C=O) groups excluding carboxylic acids is 3. The third kappa shape index (κ3) is 6.92. The molecule has 0 aliphatic rings. The summed E-state index contributed by atoms with van der Waals surface area (Å²) in [5, 5.41) is 0.621. The molecule has 0 aliphatic heterocycles. The largest absolute Gasteiger partial charge is 0.443 e. The van der Waals surface area contributed by atoms with Crippen LogP contribution in [0.25, 0.3) is 0 Å². The normalized spacial score (nSPS) is 10.1. The number of ether oxygens (including phenoxy) is 3. The summed E-state index contributed by atoms with van der Waals surface area (Å²) in [6.07, 6.45) is -5.55. The highest BCUT2D eigenvalue weighted by atomic mass is 16.8. The monoisotopic (exact) mass is 403 g/mol. The van der Waals surface area contributed by atoms with E-state index in [1.54, 1.807) is 48.5 Å². The van der Waals surface area contributed by atoms with Crippen LogP contribution in [0.1, 0.15) is 11.1 Å². The molecule has 11 heteroatoms. The lowest BCUT2D eigenvalue weighted by Crippen LogP contribution is -2.50. The number of carbonyl (C=O) groups is 3. The summed E-state index contributed by atoms with van der Waals surface area (Å²) in [6.45, 7) is 0.227. The molecule has 2 rings (SSSR count). The number of benzene rings is 2. The lowest BCUT2D eigenvalue weighted by atomic mass is 10.2. The maximum Gasteiger partial charge on any atom is 0.435 e. The fourth-order valence-corrected chi connectivity index (χ4v) is 2.16. The Morgan fingerprint density at radius 2 is 1.48 bits per heavy atom. The minimum Gasteiger partial charge on any atom is -0.443 e. The second-order valence-electron chi connectivity index (χ2n) is 5.60. The Hall–Kier alpha value is -3.99. The highest BCUT2D eigenvalue weighted by Crippen LogP contribution is 2.15. The van der Waals surface area contributed by atoms with Crippen LogP contribution in [0.15, 0.2) is 54.6 Å². The summed E-state index contributed by atoms with van der Waals surface area (Å²) in [7, 11) is 0. The number of amides is 3. The van der Waals surface area contributed by atoms with Crippen molar-refractivity contribution in [1.82, 2.24) is 5.01 Å². The Morgan fingerprint density at radius 3 is 2.00 bits per heavy atom. The van der Waals surface area contributed by atoms with Crippen molar-refractivity contribution in [2.45, 2.75) is 19.6 Å². The fraction of sp³-hybridized carbons (Fsp3) is 0.167. The zero-order valence-corrected chi connectivity index (χ0v) is 15.3. The number of hydrogen-bond donors (Lipinski definition) is 4. The highest BCUT2D eigenvalue weighted by Gasteiger charge is 2.31. The van der Waals surface area contributed by atoms with Crippen molar-refractivity contribution in [2.75, 3.05) is 5.43 Å². The van der Waals surface area contributed by atoms with Gasteiger partial charge in [-0.1, -0.05) is 42.5 Å². The van der Waals surface area contributed by atoms with E-state index in [0.717, 1.165) is 5.56 Å². The van der Waals surface area contributed by atoms with Gasteiger partial charge in [0.05, 0.1) is 5.69 Å². The van der Waals surface area contributed by atoms with E-state index in [0.29, 0.717) is 22.8 Å². The Morgan fingerprint density at radius 1 is 0.897 bits per heavy atom. The summed E-state index contributed by atoms with van der Waals surface area (Å²) in [5.41, 5.74) is 20.1. The molecule has 29 heavy (non-hydrogen) atoms. The Labute approximate surface area is 166 Å². The molecule has 2 aromatic rings. The first-order valence-corrected chi connectivity index (χ1v) is 8.36. The molecule has 11 nitrogen and oxygen atoms in total. The van der Waals surface area contributed by atoms with Gasteiger partial charge >= 0.3 is 24.7 Å². The molecule has 0 bridgehead atoms. The number of rotatable bonds is 8. The lowest BCUT2D eigenvalue weighted by molar-refractivity contribution is -0.135. The summed E-state index contributed by atoms with van der Waals surface area (Å²) in [5.74, 6) is 0. The van der Waals surface area contributed by atoms with E-state index >= 15 is 0 Å². The van der Waals surface area contributed by atoms with Gasteiger partial charge in [-0.15, -0.1) is 5.01 Å². The molecule has 0 saturated carbocycles. The average molecular weight is 403 g/mol. The molecular formula is C18H21N5O6. The number of nitrogens with zero attached hydrogens (tertiary/aromatic N) is 1. The molecule has 154 valence electrons. The molecule has 0 atom stereocenters. The van der Waals surface area contributed by atoms with Crippen molar-refractivity contribution in [3.05, 3.63) is 65.7 Å². The summed E-state index contributed by atoms with van der Waals surface area (Å²) >= 11 is 0. The highest BCUT2D eigenvalue weighted by molar-refractivity contribution is 5.72. The van der Waals surface area contributed by atoms with Crippen LogP contribution in [0, 0.1) is 0 Å². The van der Waals surface area contributed by atoms with Crippen LogP contribution in [0.5, 0.6) is 0 Å². The quantitative estimate of drug-likeness (QED) is 0.380. The Bertz CT molecular complexity index is 814. The second kappa shape index (κ2) is 10.4. The Kier molecular flexibility index (Phi) is 7.62. The van der Waals surface area contributed by atoms with Crippen molar-refractivity contribution in [2.24, 2.45) is 17.2 Å². The van der Waals surface area contributed by atoms with Gasteiger partial charge in [-0.05, 0) is 23.3 Å². The average Bonchev–Trinajstić information content (AvgIpc) is 2.70. The summed E-state index contributed by atoms with van der Waals surface area (Å²) in [4.78, 5) is 35.0. The van der Waals surface area contributed by atoms with Gasteiger partial charge in [-0.25, -0.2) is 14.4 Å². The zero-order valence-electron chi connectivity index (χ0n) is 15.3. The molecule has 0 unspecified atom stereocenters. The van der Waals surface area contributed by atoms with E-state index in [4.69, 9.17) is 21.9 Å². The summed E-state index contributed by atoms with van der Waals surface area (Å²) < 4.78 is 14.5. The van der Waals surface area contributed by atoms with Crippen molar-refractivity contribution in [1.29, 1.82) is 0 Å². The molecule has 0 aliphatic carbocycles. The van der Waals surface area contributed by atoms with Crippen LogP contribution in [0.4, 0.5) is 20.1 Å². The maximum absolute atomic E-state index is 12.6. The molecule has 0 heterocycles. The SMILES string of the molecule is NCc1ccc(NN(C(=O)OCc2ccccc2)C(OC(N)=O)OC(N)=O)cc1. The van der Waals surface area contributed by atoms with Crippen LogP contribution in [0.3, 0.4) is 0 Å². The molecule has 7 N–H and O–H groups in total. The van der Waals surface area contributed by atoms with Crippen LogP contribution in [0.2, 0.25) is 0 Å². The van der Waals surface area contributed by atoms with Gasteiger partial charge in [0.25, 0.3) is 0 Å². The predicted octanol–water partition coefficient (Wildman–Crippen LogP) is 1.59. The van der Waals surface area contributed by atoms with Gasteiger partial charge in [-0.3, -0.25) is 5.43 Å². The minimum absolute atomic E-state index is 0.0934. The minimum atomic E-state index is -1.91. The zero-order chi connectivity index (χ0) is 21.2. The van der Waals surface area contributed by atoms with Crippen LogP contribution in [-0.4, -0.2) is 29.7 Å². The van der Waals surface area contributed by atoms with Crippen LogP contribution in [-0.2, 0) is 27.4 Å². The number of anilines is 1. The van der Waals surface area contributed by atoms with Gasteiger partial charge in [0.15, 0.2) is 0 Å². The van der Waals surface area contributed by atoms with E-state index in [-0.39, 0.29) is 6.61 Å². The standard InChI is InChI=1S/C18H21N5O6/c19-10-12-6-8-14(9-7-12)22-23(18(28-15(20)24)29-16(21)25)17(26)27-11-13-4-2-1-3-5-13/h1-9,18,22H,10-11,19H2,(H2,20,24)(H2,21,25). The van der Waals surface area contributed by atoms with Crippen LogP contribution < -0.4 is 22.6 Å². The van der Waals surface area contributed by atoms with E-state index in [1.165, 1.54) is 0 Å². The van der Waals surface area contributed by atoms with Gasteiger partial charge in [-0.2, -0.15) is 0 Å².